The number of benzene rings is 1. The molecule has 2 aliphatic heterocycles. The molecule has 3 aliphatic rings. The van der Waals surface area contributed by atoms with Gasteiger partial charge in [-0.25, -0.2) is 14.6 Å². The molecule has 13 heteroatoms. The molecule has 0 spiro atoms. The number of amides is 3. The van der Waals surface area contributed by atoms with Crippen molar-refractivity contribution in [2.24, 2.45) is 5.92 Å². The van der Waals surface area contributed by atoms with Crippen molar-refractivity contribution in [3.8, 4) is 5.19 Å². The maximum Gasteiger partial charge on any atom is 0.408 e. The molecule has 0 radical (unpaired) electrons. The van der Waals surface area contributed by atoms with Crippen LogP contribution in [0.25, 0.3) is 10.2 Å². The van der Waals surface area contributed by atoms with Crippen molar-refractivity contribution in [1.29, 1.82) is 0 Å². The summed E-state index contributed by atoms with van der Waals surface area (Å²) in [6, 6.07) is 3.37. The number of alkyl carbamates (subject to hydrolysis) is 1. The van der Waals surface area contributed by atoms with Gasteiger partial charge in [0.1, 0.15) is 29.3 Å². The van der Waals surface area contributed by atoms with Crippen LogP contribution in [0.1, 0.15) is 65.7 Å². The minimum atomic E-state index is -1.41. The molecule has 3 heterocycles. The van der Waals surface area contributed by atoms with Gasteiger partial charge in [-0.1, -0.05) is 47.9 Å². The number of nitrogens with zero attached hydrogens (tertiary/aromatic N) is 2. The largest absolute Gasteiger partial charge is 0.479 e. The Morgan fingerprint density at radius 3 is 2.77 bits per heavy atom. The quantitative estimate of drug-likeness (QED) is 0.412. The number of aliphatic carboxylic acids is 1. The smallest absolute Gasteiger partial charge is 0.408 e. The van der Waals surface area contributed by atoms with Crippen LogP contribution in [0, 0.1) is 5.92 Å². The lowest BCUT2D eigenvalue weighted by Crippen LogP contribution is -2.56. The van der Waals surface area contributed by atoms with E-state index in [1.54, 1.807) is 39.0 Å². The van der Waals surface area contributed by atoms with Crippen LogP contribution in [0.4, 0.5) is 4.79 Å². The van der Waals surface area contributed by atoms with E-state index in [0.29, 0.717) is 28.6 Å². The van der Waals surface area contributed by atoms with Crippen LogP contribution < -0.4 is 15.4 Å². The number of hydrogen-bond donors (Lipinski definition) is 3. The van der Waals surface area contributed by atoms with Gasteiger partial charge in [-0.15, -0.1) is 0 Å². The highest BCUT2D eigenvalue weighted by atomic mass is 35.5. The molecular weight excluding hydrogens is 596 g/mol. The van der Waals surface area contributed by atoms with Gasteiger partial charge in [0, 0.05) is 17.4 Å². The van der Waals surface area contributed by atoms with Gasteiger partial charge in [-0.2, -0.15) is 0 Å². The van der Waals surface area contributed by atoms with Gasteiger partial charge in [0.05, 0.1) is 16.8 Å². The van der Waals surface area contributed by atoms with Gasteiger partial charge in [-0.3, -0.25) is 9.59 Å². The van der Waals surface area contributed by atoms with Crippen molar-refractivity contribution in [1.82, 2.24) is 20.5 Å². The Kier molecular flexibility index (Phi) is 8.89. The average molecular weight is 633 g/mol. The zero-order valence-electron chi connectivity index (χ0n) is 24.4. The molecule has 2 fully saturated rings. The maximum atomic E-state index is 14.1. The number of ether oxygens (including phenoxy) is 2. The number of allylic oxidation sites excluding steroid dienone is 1. The topological polar surface area (TPSA) is 147 Å². The number of hydrogen-bond acceptors (Lipinski definition) is 8. The van der Waals surface area contributed by atoms with Gasteiger partial charge in [0.2, 0.25) is 11.8 Å². The summed E-state index contributed by atoms with van der Waals surface area (Å²) in [6.45, 7) is 5.27. The standard InChI is InChI=1S/C30H37ClN4O7S/c1-29(2,3)42-27(40)32-21-10-8-6-4-5-7-9-17-15-30(17,26(38)39)34-24(36)22-14-19(16-35(22)25(21)37)41-28-33-20-12-11-18(31)13-23(20)43-28/h7,9,11-13,17,19,21-22H,4-6,8,10,14-16H2,1-3H3,(H,32,40)(H,34,36)(H,38,39)/b9-7-/t17-,19+,21-,22-,30+/m0/s1. The summed E-state index contributed by atoms with van der Waals surface area (Å²) in [6.07, 6.45) is 6.36. The van der Waals surface area contributed by atoms with E-state index in [2.05, 4.69) is 15.6 Å². The molecule has 11 nitrogen and oxygen atoms in total. The van der Waals surface area contributed by atoms with E-state index in [1.807, 2.05) is 12.2 Å². The van der Waals surface area contributed by atoms with Crippen LogP contribution in [0.3, 0.4) is 0 Å². The van der Waals surface area contributed by atoms with Crippen molar-refractivity contribution in [3.63, 3.8) is 0 Å². The van der Waals surface area contributed by atoms with Gasteiger partial charge in [0.25, 0.3) is 5.19 Å². The van der Waals surface area contributed by atoms with E-state index in [4.69, 9.17) is 21.1 Å². The van der Waals surface area contributed by atoms with E-state index in [9.17, 15) is 24.3 Å². The Hall–Kier alpha value is -3.38. The van der Waals surface area contributed by atoms with Gasteiger partial charge < -0.3 is 30.1 Å². The first-order valence-electron chi connectivity index (χ1n) is 14.6. The van der Waals surface area contributed by atoms with Crippen LogP contribution in [-0.4, -0.2) is 74.7 Å². The normalized spacial score (nSPS) is 29.0. The second kappa shape index (κ2) is 12.3. The highest BCUT2D eigenvalue weighted by Crippen LogP contribution is 2.45. The van der Waals surface area contributed by atoms with Gasteiger partial charge in [-0.05, 0) is 64.7 Å². The molecule has 1 saturated heterocycles. The lowest BCUT2D eigenvalue weighted by Gasteiger charge is -2.30. The molecule has 5 atom stereocenters. The zero-order valence-corrected chi connectivity index (χ0v) is 26.0. The minimum Gasteiger partial charge on any atom is -0.479 e. The van der Waals surface area contributed by atoms with Crippen molar-refractivity contribution >= 4 is 57.0 Å². The van der Waals surface area contributed by atoms with Crippen molar-refractivity contribution in [3.05, 3.63) is 35.4 Å². The Morgan fingerprint density at radius 2 is 2.02 bits per heavy atom. The van der Waals surface area contributed by atoms with Crippen LogP contribution in [-0.2, 0) is 19.1 Å². The molecule has 1 aromatic heterocycles. The monoisotopic (exact) mass is 632 g/mol. The number of carbonyl (C=O) groups excluding carboxylic acids is 3. The fraction of sp³-hybridized carbons (Fsp3) is 0.567. The van der Waals surface area contributed by atoms with E-state index in [-0.39, 0.29) is 25.3 Å². The summed E-state index contributed by atoms with van der Waals surface area (Å²) in [5, 5.41) is 16.4. The first kappa shape index (κ1) is 31.1. The third-order valence-electron chi connectivity index (χ3n) is 7.91. The van der Waals surface area contributed by atoms with Gasteiger partial charge in [0.15, 0.2) is 0 Å². The second-order valence-corrected chi connectivity index (χ2v) is 13.8. The molecule has 1 aromatic carbocycles. The molecule has 5 rings (SSSR count). The number of fused-ring (bicyclic) bond motifs is 3. The fourth-order valence-corrected chi connectivity index (χ4v) is 6.82. The van der Waals surface area contributed by atoms with E-state index < -0.39 is 53.2 Å². The highest BCUT2D eigenvalue weighted by Gasteiger charge is 2.61. The second-order valence-electron chi connectivity index (χ2n) is 12.4. The van der Waals surface area contributed by atoms with Crippen molar-refractivity contribution in [2.75, 3.05) is 6.54 Å². The fourth-order valence-electron chi connectivity index (χ4n) is 5.67. The molecule has 1 aliphatic carbocycles. The lowest BCUT2D eigenvalue weighted by molar-refractivity contribution is -0.145. The van der Waals surface area contributed by atoms with Crippen LogP contribution in [0.15, 0.2) is 30.4 Å². The van der Waals surface area contributed by atoms with Crippen molar-refractivity contribution in [2.45, 2.75) is 95.0 Å². The minimum absolute atomic E-state index is 0.0590. The van der Waals surface area contributed by atoms with Crippen LogP contribution in [0.2, 0.25) is 5.02 Å². The summed E-state index contributed by atoms with van der Waals surface area (Å²) < 4.78 is 12.4. The molecule has 232 valence electrons. The Bertz CT molecular complexity index is 1440. The molecule has 0 unspecified atom stereocenters. The predicted octanol–water partition coefficient (Wildman–Crippen LogP) is 4.67. The summed E-state index contributed by atoms with van der Waals surface area (Å²) in [4.78, 5) is 58.7. The first-order chi connectivity index (χ1) is 20.3. The number of carboxylic acids is 1. The third-order valence-corrected chi connectivity index (χ3v) is 9.05. The maximum absolute atomic E-state index is 14.1. The third kappa shape index (κ3) is 7.23. The highest BCUT2D eigenvalue weighted by molar-refractivity contribution is 7.20. The lowest BCUT2D eigenvalue weighted by atomic mass is 10.0. The Labute approximate surface area is 258 Å². The van der Waals surface area contributed by atoms with E-state index in [1.165, 1.54) is 16.2 Å². The number of carbonyl (C=O) groups is 4. The molecule has 43 heavy (non-hydrogen) atoms. The van der Waals surface area contributed by atoms with Gasteiger partial charge >= 0.3 is 12.1 Å². The SMILES string of the molecule is CC(C)(C)OC(=O)N[C@H]1CCCCC/C=C\[C@H]2C[C@@]2(C(=O)O)NC(=O)[C@@H]2C[C@@H](Oc3nc4ccc(Cl)cc4s3)CN2C1=O. The van der Waals surface area contributed by atoms with Crippen LogP contribution in [0.5, 0.6) is 5.19 Å². The number of thiazole rings is 1. The predicted molar refractivity (Wildman–Crippen MR) is 161 cm³/mol. The van der Waals surface area contributed by atoms with E-state index >= 15 is 0 Å². The van der Waals surface area contributed by atoms with Crippen LogP contribution >= 0.6 is 22.9 Å². The number of nitrogens with one attached hydrogen (secondary N) is 2. The molecule has 3 N–H and O–H groups in total. The number of halogens is 1. The summed E-state index contributed by atoms with van der Waals surface area (Å²) in [5.74, 6) is -2.45. The average Bonchev–Trinajstić information content (AvgIpc) is 3.23. The first-order valence-corrected chi connectivity index (χ1v) is 15.8. The number of rotatable bonds is 4. The summed E-state index contributed by atoms with van der Waals surface area (Å²) >= 11 is 7.43. The molecule has 1 saturated carbocycles. The zero-order chi connectivity index (χ0) is 30.9. The molecule has 3 amide bonds. The number of aromatic nitrogens is 1. The van der Waals surface area contributed by atoms with E-state index in [0.717, 1.165) is 24.0 Å². The number of carboxylic acid groups (broad SMARTS) is 1. The Balaban J connectivity index is 1.42. The molecule has 2 aromatic rings. The molecule has 0 bridgehead atoms. The Morgan fingerprint density at radius 1 is 1.23 bits per heavy atom. The summed E-state index contributed by atoms with van der Waals surface area (Å²) in [7, 11) is 0. The molecular formula is C30H37ClN4O7S. The summed E-state index contributed by atoms with van der Waals surface area (Å²) in [5.41, 5.74) is -1.47. The van der Waals surface area contributed by atoms with Crippen molar-refractivity contribution < 1.29 is 33.8 Å².